The van der Waals surface area contributed by atoms with Crippen LogP contribution in [0.4, 0.5) is 5.69 Å². The maximum atomic E-state index is 11.7. The molecule has 5 heteroatoms. The number of nitrogens with two attached hydrogens (primary N) is 1. The first-order chi connectivity index (χ1) is 8.13. The van der Waals surface area contributed by atoms with Gasteiger partial charge in [-0.3, -0.25) is 4.79 Å². The number of amides is 1. The van der Waals surface area contributed by atoms with Crippen molar-refractivity contribution in [2.75, 3.05) is 12.4 Å². The van der Waals surface area contributed by atoms with E-state index in [1.54, 1.807) is 18.2 Å². The van der Waals surface area contributed by atoms with Gasteiger partial charge in [0, 0.05) is 0 Å². The van der Waals surface area contributed by atoms with Gasteiger partial charge < -0.3 is 15.8 Å². The van der Waals surface area contributed by atoms with E-state index < -0.39 is 6.04 Å². The number of ether oxygens (including phenoxy) is 1. The molecule has 0 spiro atoms. The minimum absolute atomic E-state index is 0.325. The van der Waals surface area contributed by atoms with Gasteiger partial charge in [-0.1, -0.05) is 13.0 Å². The Bertz CT molecular complexity index is 452. The normalized spacial score (nSPS) is 11.4. The highest BCUT2D eigenvalue weighted by Crippen LogP contribution is 2.27. The standard InChI is InChI=1S/C12H15N3O2/c1-3-9(14)12(16)15-11-8(7-13)5-4-6-10(11)17-2/h4-6,9H,3,14H2,1-2H3,(H,15,16). The summed E-state index contributed by atoms with van der Waals surface area (Å²) >= 11 is 0. The van der Waals surface area contributed by atoms with Crippen molar-refractivity contribution < 1.29 is 9.53 Å². The minimum Gasteiger partial charge on any atom is -0.495 e. The van der Waals surface area contributed by atoms with Crippen molar-refractivity contribution in [3.05, 3.63) is 23.8 Å². The first-order valence-electron chi connectivity index (χ1n) is 5.27. The van der Waals surface area contributed by atoms with Crippen molar-refractivity contribution in [2.45, 2.75) is 19.4 Å². The molecule has 0 radical (unpaired) electrons. The summed E-state index contributed by atoms with van der Waals surface area (Å²) in [6.45, 7) is 1.82. The van der Waals surface area contributed by atoms with Crippen LogP contribution >= 0.6 is 0 Å². The van der Waals surface area contributed by atoms with Crippen LogP contribution < -0.4 is 15.8 Å². The molecule has 0 aliphatic heterocycles. The molecule has 1 aromatic rings. The van der Waals surface area contributed by atoms with Crippen molar-refractivity contribution in [2.24, 2.45) is 5.73 Å². The van der Waals surface area contributed by atoms with E-state index in [2.05, 4.69) is 5.32 Å². The van der Waals surface area contributed by atoms with Crippen LogP contribution in [0, 0.1) is 11.3 Å². The van der Waals surface area contributed by atoms with Crippen LogP contribution in [0.25, 0.3) is 0 Å². The largest absolute Gasteiger partial charge is 0.495 e. The molecule has 0 aliphatic rings. The molecule has 3 N–H and O–H groups in total. The van der Waals surface area contributed by atoms with Crippen molar-refractivity contribution in [3.63, 3.8) is 0 Å². The third kappa shape index (κ3) is 2.95. The Hall–Kier alpha value is -2.06. The van der Waals surface area contributed by atoms with E-state index in [0.29, 0.717) is 23.4 Å². The average Bonchev–Trinajstić information content (AvgIpc) is 2.37. The van der Waals surface area contributed by atoms with E-state index in [1.165, 1.54) is 7.11 Å². The number of carbonyl (C=O) groups is 1. The molecule has 0 aromatic heterocycles. The maximum Gasteiger partial charge on any atom is 0.241 e. The topological polar surface area (TPSA) is 88.1 Å². The molecule has 1 rings (SSSR count). The number of nitrogens with one attached hydrogen (secondary N) is 1. The second-order valence-electron chi connectivity index (χ2n) is 3.50. The zero-order valence-electron chi connectivity index (χ0n) is 9.86. The summed E-state index contributed by atoms with van der Waals surface area (Å²) < 4.78 is 5.10. The van der Waals surface area contributed by atoms with E-state index in [4.69, 9.17) is 15.7 Å². The maximum absolute atomic E-state index is 11.7. The number of nitrogens with zero attached hydrogens (tertiary/aromatic N) is 1. The number of hydrogen-bond donors (Lipinski definition) is 2. The second kappa shape index (κ2) is 5.87. The molecule has 5 nitrogen and oxygen atoms in total. The lowest BCUT2D eigenvalue weighted by Gasteiger charge is -2.14. The van der Waals surface area contributed by atoms with Crippen LogP contribution in [-0.4, -0.2) is 19.1 Å². The zero-order chi connectivity index (χ0) is 12.8. The molecule has 1 amide bonds. The minimum atomic E-state index is -0.591. The van der Waals surface area contributed by atoms with E-state index >= 15 is 0 Å². The third-order valence-electron chi connectivity index (χ3n) is 2.39. The fourth-order valence-electron chi connectivity index (χ4n) is 1.32. The molecule has 1 aromatic carbocycles. The Labute approximate surface area is 100 Å². The van der Waals surface area contributed by atoms with Crippen molar-refractivity contribution >= 4 is 11.6 Å². The van der Waals surface area contributed by atoms with E-state index in [0.717, 1.165) is 0 Å². The van der Waals surface area contributed by atoms with E-state index in [1.807, 2.05) is 13.0 Å². The summed E-state index contributed by atoms with van der Waals surface area (Å²) in [5.41, 5.74) is 6.33. The van der Waals surface area contributed by atoms with Crippen LogP contribution in [0.1, 0.15) is 18.9 Å². The molecule has 0 saturated carbocycles. The molecule has 0 saturated heterocycles. The van der Waals surface area contributed by atoms with Crippen LogP contribution in [0.15, 0.2) is 18.2 Å². The molecule has 90 valence electrons. The molecule has 0 heterocycles. The number of methoxy groups -OCH3 is 1. The highest BCUT2D eigenvalue weighted by Gasteiger charge is 2.16. The Morgan fingerprint density at radius 3 is 2.88 bits per heavy atom. The lowest BCUT2D eigenvalue weighted by Crippen LogP contribution is -2.35. The summed E-state index contributed by atoms with van der Waals surface area (Å²) in [7, 11) is 1.48. The van der Waals surface area contributed by atoms with Gasteiger partial charge in [-0.2, -0.15) is 5.26 Å². The summed E-state index contributed by atoms with van der Waals surface area (Å²) in [4.78, 5) is 11.7. The molecule has 0 fully saturated rings. The molecule has 0 bridgehead atoms. The van der Waals surface area contributed by atoms with Gasteiger partial charge in [-0.05, 0) is 18.6 Å². The van der Waals surface area contributed by atoms with Crippen molar-refractivity contribution in [3.8, 4) is 11.8 Å². The van der Waals surface area contributed by atoms with Crippen LogP contribution in [0.3, 0.4) is 0 Å². The van der Waals surface area contributed by atoms with Gasteiger partial charge in [0.1, 0.15) is 17.5 Å². The molecular weight excluding hydrogens is 218 g/mol. The van der Waals surface area contributed by atoms with Gasteiger partial charge >= 0.3 is 0 Å². The van der Waals surface area contributed by atoms with Crippen molar-refractivity contribution in [1.29, 1.82) is 5.26 Å². The number of nitriles is 1. The van der Waals surface area contributed by atoms with Gasteiger partial charge in [0.15, 0.2) is 0 Å². The van der Waals surface area contributed by atoms with Crippen molar-refractivity contribution in [1.82, 2.24) is 0 Å². The Morgan fingerprint density at radius 2 is 2.35 bits per heavy atom. The Kier molecular flexibility index (Phi) is 4.49. The number of hydrogen-bond acceptors (Lipinski definition) is 4. The van der Waals surface area contributed by atoms with Gasteiger partial charge in [0.05, 0.1) is 18.7 Å². The molecule has 1 atom stereocenters. The summed E-state index contributed by atoms with van der Waals surface area (Å²) in [5, 5.41) is 11.6. The number of rotatable bonds is 4. The smallest absolute Gasteiger partial charge is 0.241 e. The fraction of sp³-hybridized carbons (Fsp3) is 0.333. The highest BCUT2D eigenvalue weighted by atomic mass is 16.5. The first-order valence-corrected chi connectivity index (χ1v) is 5.27. The van der Waals surface area contributed by atoms with Crippen LogP contribution in [-0.2, 0) is 4.79 Å². The number of carbonyl (C=O) groups excluding carboxylic acids is 1. The predicted molar refractivity (Wildman–Crippen MR) is 64.6 cm³/mol. The number of benzene rings is 1. The van der Waals surface area contributed by atoms with Gasteiger partial charge in [-0.15, -0.1) is 0 Å². The molecule has 1 unspecified atom stereocenters. The van der Waals surface area contributed by atoms with Gasteiger partial charge in [-0.25, -0.2) is 0 Å². The first kappa shape index (κ1) is 13.0. The lowest BCUT2D eigenvalue weighted by molar-refractivity contribution is -0.117. The van der Waals surface area contributed by atoms with E-state index in [-0.39, 0.29) is 5.91 Å². The molecule has 17 heavy (non-hydrogen) atoms. The fourth-order valence-corrected chi connectivity index (χ4v) is 1.32. The lowest BCUT2D eigenvalue weighted by atomic mass is 10.1. The summed E-state index contributed by atoms with van der Waals surface area (Å²) in [6.07, 6.45) is 0.531. The average molecular weight is 233 g/mol. The summed E-state index contributed by atoms with van der Waals surface area (Å²) in [5.74, 6) is 0.120. The van der Waals surface area contributed by atoms with E-state index in [9.17, 15) is 4.79 Å². The Balaban J connectivity index is 3.04. The third-order valence-corrected chi connectivity index (χ3v) is 2.39. The number of anilines is 1. The monoisotopic (exact) mass is 233 g/mol. The van der Waals surface area contributed by atoms with Crippen LogP contribution in [0.5, 0.6) is 5.75 Å². The SMILES string of the molecule is CCC(N)C(=O)Nc1c(C#N)cccc1OC. The second-order valence-corrected chi connectivity index (χ2v) is 3.50. The van der Waals surface area contributed by atoms with Crippen LogP contribution in [0.2, 0.25) is 0 Å². The predicted octanol–water partition coefficient (Wildman–Crippen LogP) is 1.24. The number of para-hydroxylation sites is 1. The highest BCUT2D eigenvalue weighted by molar-refractivity contribution is 5.97. The Morgan fingerprint density at radius 1 is 1.65 bits per heavy atom. The molecular formula is C12H15N3O2. The van der Waals surface area contributed by atoms with Gasteiger partial charge in [0.2, 0.25) is 5.91 Å². The quantitative estimate of drug-likeness (QED) is 0.819. The zero-order valence-corrected chi connectivity index (χ0v) is 9.86. The summed E-state index contributed by atoms with van der Waals surface area (Å²) in [6, 6.07) is 6.37. The molecule has 0 aliphatic carbocycles. The van der Waals surface area contributed by atoms with Gasteiger partial charge in [0.25, 0.3) is 0 Å².